The third kappa shape index (κ3) is 8.36. The van der Waals surface area contributed by atoms with Gasteiger partial charge in [-0.05, 0) is 81.9 Å². The molecule has 13 heteroatoms. The highest BCUT2D eigenvalue weighted by Gasteiger charge is 2.41. The van der Waals surface area contributed by atoms with Gasteiger partial charge in [-0.1, -0.05) is 47.5 Å². The summed E-state index contributed by atoms with van der Waals surface area (Å²) in [5.74, 6) is 0.0518. The second-order valence-corrected chi connectivity index (χ2v) is 18.2. The number of ether oxygens (including phenoxy) is 2. The van der Waals surface area contributed by atoms with E-state index in [1.807, 2.05) is 12.1 Å². The lowest BCUT2D eigenvalue weighted by atomic mass is 9.87. The maximum atomic E-state index is 15.1. The van der Waals surface area contributed by atoms with Crippen LogP contribution in [0.25, 0.3) is 44.3 Å². The molecule has 4 aliphatic rings. The first-order chi connectivity index (χ1) is 30.3. The molecule has 2 saturated heterocycles. The number of Topliss-reactive ketones (excluding diaryl/α,β-unsaturated/α-hetero) is 1. The summed E-state index contributed by atoms with van der Waals surface area (Å²) in [5.41, 5.74) is 12.5. The van der Waals surface area contributed by atoms with Gasteiger partial charge in [0.15, 0.2) is 5.78 Å². The Labute approximate surface area is 373 Å². The molecule has 0 amide bonds. The first-order valence-electron chi connectivity index (χ1n) is 22.1. The Kier molecular flexibility index (Phi) is 12.3. The molecule has 6 aromatic rings. The molecule has 11 nitrogen and oxygen atoms in total. The minimum Gasteiger partial charge on any atom is -0.383 e. The zero-order chi connectivity index (χ0) is 42.3. The van der Waals surface area contributed by atoms with Gasteiger partial charge in [-0.3, -0.25) is 35.0 Å². The van der Waals surface area contributed by atoms with E-state index in [9.17, 15) is 0 Å². The third-order valence-electron chi connectivity index (χ3n) is 13.6. The molecule has 6 heterocycles. The molecule has 0 spiro atoms. The fraction of sp³-hybridized carbons (Fsp3) is 0.408. The number of aromatic amines is 2. The van der Waals surface area contributed by atoms with Gasteiger partial charge in [0, 0.05) is 160 Å². The van der Waals surface area contributed by atoms with E-state index in [0.29, 0.717) is 23.1 Å². The minimum absolute atomic E-state index is 0.0518. The van der Waals surface area contributed by atoms with Crippen LogP contribution in [-0.4, -0.2) is 128 Å². The Bertz CT molecular complexity index is 2420. The maximum absolute atomic E-state index is 15.1. The van der Waals surface area contributed by atoms with Crippen LogP contribution in [0.2, 0.25) is 10.0 Å². The lowest BCUT2D eigenvalue weighted by Crippen LogP contribution is -2.46. The van der Waals surface area contributed by atoms with Crippen LogP contribution >= 0.6 is 23.2 Å². The summed E-state index contributed by atoms with van der Waals surface area (Å²) >= 11 is 13.8. The SMILES string of the molecule is COCCN1CCN(Cc2ccc3[nH]c(-c4ccc(Cl)c5c4C(C(=O)C4NCc6c(Cl)ccc(-c7cc8cc(CN9CCN(CCOC)CC9)ccc8[nH]7)c64)NC5)cc3c2)CC1. The van der Waals surface area contributed by atoms with Gasteiger partial charge in [-0.15, -0.1) is 0 Å². The zero-order valence-corrected chi connectivity index (χ0v) is 37.2. The number of halogens is 2. The Morgan fingerprint density at radius 2 is 1.00 bits per heavy atom. The molecule has 4 N–H and O–H groups in total. The Balaban J connectivity index is 0.892. The summed E-state index contributed by atoms with van der Waals surface area (Å²) in [7, 11) is 3.53. The number of carbonyl (C=O) groups is 1. The predicted molar refractivity (Wildman–Crippen MR) is 249 cm³/mol. The van der Waals surface area contributed by atoms with Crippen LogP contribution in [0.15, 0.2) is 72.8 Å². The van der Waals surface area contributed by atoms with E-state index in [1.165, 1.54) is 11.1 Å². The Hall–Kier alpha value is -4.11. The van der Waals surface area contributed by atoms with Crippen LogP contribution in [0.4, 0.5) is 0 Å². The molecule has 0 bridgehead atoms. The highest BCUT2D eigenvalue weighted by Crippen LogP contribution is 2.45. The monoisotopic (exact) mass is 874 g/mol. The number of hydrogen-bond acceptors (Lipinski definition) is 9. The molecule has 2 atom stereocenters. The molecule has 4 aromatic carbocycles. The van der Waals surface area contributed by atoms with Gasteiger partial charge >= 0.3 is 0 Å². The smallest absolute Gasteiger partial charge is 0.175 e. The minimum atomic E-state index is -0.564. The van der Waals surface area contributed by atoms with Gasteiger partial charge in [0.2, 0.25) is 0 Å². The lowest BCUT2D eigenvalue weighted by Gasteiger charge is -2.34. The topological polar surface area (TPSA) is 104 Å². The second-order valence-electron chi connectivity index (χ2n) is 17.4. The normalized spacial score (nSPS) is 20.1. The van der Waals surface area contributed by atoms with Crippen molar-refractivity contribution in [3.8, 4) is 22.5 Å². The Morgan fingerprint density at radius 3 is 1.42 bits per heavy atom. The molecule has 2 fully saturated rings. The van der Waals surface area contributed by atoms with Crippen molar-refractivity contribution in [3.05, 3.63) is 116 Å². The number of H-pyrrole nitrogens is 2. The molecule has 4 aliphatic heterocycles. The summed E-state index contributed by atoms with van der Waals surface area (Å²) in [6.45, 7) is 14.8. The summed E-state index contributed by atoms with van der Waals surface area (Å²) in [6, 6.07) is 24.8. The number of fused-ring (bicyclic) bond motifs is 4. The third-order valence-corrected chi connectivity index (χ3v) is 14.3. The number of nitrogens with zero attached hydrogens (tertiary/aromatic N) is 4. The second kappa shape index (κ2) is 18.2. The van der Waals surface area contributed by atoms with Crippen molar-refractivity contribution in [2.45, 2.75) is 38.3 Å². The predicted octanol–water partition coefficient (Wildman–Crippen LogP) is 7.38. The van der Waals surface area contributed by atoms with Gasteiger partial charge in [-0.2, -0.15) is 0 Å². The number of methoxy groups -OCH3 is 2. The van der Waals surface area contributed by atoms with E-state index in [-0.39, 0.29) is 5.78 Å². The number of carbonyl (C=O) groups excluding carboxylic acids is 1. The van der Waals surface area contributed by atoms with Crippen LogP contribution in [0.3, 0.4) is 0 Å². The van der Waals surface area contributed by atoms with E-state index in [2.05, 4.69) is 101 Å². The summed E-state index contributed by atoms with van der Waals surface area (Å²) in [5, 5.41) is 10.8. The van der Waals surface area contributed by atoms with Crippen LogP contribution in [0.1, 0.15) is 45.5 Å². The highest BCUT2D eigenvalue weighted by atomic mass is 35.5. The molecule has 0 aliphatic carbocycles. The number of benzene rings is 4. The first kappa shape index (κ1) is 41.9. The molecule has 10 rings (SSSR count). The van der Waals surface area contributed by atoms with Crippen molar-refractivity contribution in [1.82, 2.24) is 40.2 Å². The van der Waals surface area contributed by atoms with E-state index < -0.39 is 12.1 Å². The highest BCUT2D eigenvalue weighted by molar-refractivity contribution is 6.32. The van der Waals surface area contributed by atoms with E-state index in [4.69, 9.17) is 32.7 Å². The number of aromatic nitrogens is 2. The molecular weight excluding hydrogens is 819 g/mol. The van der Waals surface area contributed by atoms with Crippen molar-refractivity contribution in [3.63, 3.8) is 0 Å². The number of piperazine rings is 2. The van der Waals surface area contributed by atoms with Crippen LogP contribution in [-0.2, 0) is 40.4 Å². The summed E-state index contributed by atoms with van der Waals surface area (Å²) in [4.78, 5) is 32.4. The average molecular weight is 876 g/mol. The fourth-order valence-corrected chi connectivity index (χ4v) is 10.6. The first-order valence-corrected chi connectivity index (χ1v) is 22.8. The molecule has 0 saturated carbocycles. The van der Waals surface area contributed by atoms with Crippen molar-refractivity contribution in [2.24, 2.45) is 0 Å². The average Bonchev–Trinajstić information content (AvgIpc) is 4.11. The number of ketones is 1. The summed E-state index contributed by atoms with van der Waals surface area (Å²) in [6.07, 6.45) is 0. The molecular formula is C49H56Cl2N8O3. The van der Waals surface area contributed by atoms with Gasteiger partial charge in [0.05, 0.1) is 25.3 Å². The van der Waals surface area contributed by atoms with Crippen LogP contribution < -0.4 is 10.6 Å². The largest absolute Gasteiger partial charge is 0.383 e. The van der Waals surface area contributed by atoms with Gasteiger partial charge in [0.25, 0.3) is 0 Å². The number of rotatable bonds is 14. The van der Waals surface area contributed by atoms with Crippen molar-refractivity contribution in [1.29, 1.82) is 0 Å². The van der Waals surface area contributed by atoms with E-state index >= 15 is 4.79 Å². The quantitative estimate of drug-likeness (QED) is 0.0894. The number of nitrogens with one attached hydrogen (secondary N) is 4. The molecule has 62 heavy (non-hydrogen) atoms. The van der Waals surface area contributed by atoms with E-state index in [0.717, 1.165) is 158 Å². The van der Waals surface area contributed by atoms with Gasteiger partial charge < -0.3 is 19.4 Å². The fourth-order valence-electron chi connectivity index (χ4n) is 10.2. The van der Waals surface area contributed by atoms with Crippen LogP contribution in [0, 0.1) is 0 Å². The van der Waals surface area contributed by atoms with E-state index in [1.54, 1.807) is 14.2 Å². The lowest BCUT2D eigenvalue weighted by molar-refractivity contribution is -0.123. The molecule has 0 radical (unpaired) electrons. The van der Waals surface area contributed by atoms with Gasteiger partial charge in [-0.25, -0.2) is 0 Å². The Morgan fingerprint density at radius 1 is 0.581 bits per heavy atom. The number of hydrogen-bond donors (Lipinski definition) is 4. The van der Waals surface area contributed by atoms with Crippen molar-refractivity contribution in [2.75, 3.05) is 92.9 Å². The standard InChI is InChI=1S/C49H56Cl2N8O3/c1-61-21-19-56-11-15-58(16-12-56)29-31-3-9-41-33(23-31)25-43(54-41)35-5-7-39(50)37-27-52-47(45(35)37)49(60)48-46-36(6-8-40(51)38(46)28-53-48)44-26-34-24-32(4-10-42(34)55-44)30-59-17-13-57(14-18-59)20-22-62-2/h3-10,23-26,47-48,52-55H,11-22,27-30H2,1-2H3. The van der Waals surface area contributed by atoms with Crippen LogP contribution in [0.5, 0.6) is 0 Å². The summed E-state index contributed by atoms with van der Waals surface area (Å²) < 4.78 is 10.6. The van der Waals surface area contributed by atoms with Crippen molar-refractivity contribution < 1.29 is 14.3 Å². The zero-order valence-electron chi connectivity index (χ0n) is 35.7. The maximum Gasteiger partial charge on any atom is 0.175 e. The van der Waals surface area contributed by atoms with Crippen molar-refractivity contribution >= 4 is 50.8 Å². The molecule has 324 valence electrons. The molecule has 2 unspecified atom stereocenters. The molecule has 2 aromatic heterocycles. The van der Waals surface area contributed by atoms with Gasteiger partial charge in [0.1, 0.15) is 0 Å².